The molecule has 3 rings (SSSR count). The number of hydrogen-bond acceptors (Lipinski definition) is 3. The minimum Gasteiger partial charge on any atom is -0.487 e. The van der Waals surface area contributed by atoms with E-state index < -0.39 is 23.1 Å². The average Bonchev–Trinajstić information content (AvgIpc) is 3.14. The molecule has 2 aliphatic rings. The van der Waals surface area contributed by atoms with Crippen molar-refractivity contribution in [3.8, 4) is 5.75 Å². The predicted molar refractivity (Wildman–Crippen MR) is 72.7 cm³/mol. The highest BCUT2D eigenvalue weighted by molar-refractivity contribution is 5.85. The second-order valence-electron chi connectivity index (χ2n) is 5.92. The van der Waals surface area contributed by atoms with Crippen molar-refractivity contribution >= 4 is 5.91 Å². The van der Waals surface area contributed by atoms with Crippen LogP contribution in [0, 0.1) is 11.6 Å². The Morgan fingerprint density at radius 3 is 2.76 bits per heavy atom. The monoisotopic (exact) mass is 296 g/mol. The summed E-state index contributed by atoms with van der Waals surface area (Å²) in [6.45, 7) is 0. The molecule has 0 bridgehead atoms. The predicted octanol–water partition coefficient (Wildman–Crippen LogP) is 1.87. The van der Waals surface area contributed by atoms with Crippen LogP contribution in [0.2, 0.25) is 0 Å². The molecule has 0 spiro atoms. The molecule has 0 aromatic heterocycles. The van der Waals surface area contributed by atoms with Gasteiger partial charge < -0.3 is 15.8 Å². The highest BCUT2D eigenvalue weighted by Crippen LogP contribution is 2.36. The highest BCUT2D eigenvalue weighted by Gasteiger charge is 2.47. The van der Waals surface area contributed by atoms with Crippen LogP contribution in [0.25, 0.3) is 0 Å². The number of benzene rings is 1. The molecule has 1 amide bonds. The van der Waals surface area contributed by atoms with Gasteiger partial charge in [0, 0.05) is 18.5 Å². The molecule has 0 aliphatic heterocycles. The maximum atomic E-state index is 13.6. The van der Waals surface area contributed by atoms with Gasteiger partial charge in [-0.1, -0.05) is 0 Å². The first-order valence-electron chi connectivity index (χ1n) is 7.18. The van der Waals surface area contributed by atoms with Crippen LogP contribution < -0.4 is 15.8 Å². The third-order valence-corrected chi connectivity index (χ3v) is 4.19. The zero-order valence-corrected chi connectivity index (χ0v) is 11.6. The van der Waals surface area contributed by atoms with E-state index in [0.717, 1.165) is 31.0 Å². The molecule has 1 aromatic rings. The summed E-state index contributed by atoms with van der Waals surface area (Å²) in [7, 11) is 0. The Kier molecular flexibility index (Phi) is 3.57. The topological polar surface area (TPSA) is 64.4 Å². The van der Waals surface area contributed by atoms with E-state index >= 15 is 0 Å². The minimum absolute atomic E-state index is 0.119. The van der Waals surface area contributed by atoms with E-state index in [0.29, 0.717) is 25.3 Å². The number of halogens is 2. The first-order valence-corrected chi connectivity index (χ1v) is 7.18. The maximum absolute atomic E-state index is 13.6. The van der Waals surface area contributed by atoms with Crippen LogP contribution in [0.15, 0.2) is 18.2 Å². The molecule has 0 saturated heterocycles. The van der Waals surface area contributed by atoms with Crippen molar-refractivity contribution in [2.75, 3.05) is 0 Å². The summed E-state index contributed by atoms with van der Waals surface area (Å²) in [6.07, 6.45) is 3.26. The molecule has 114 valence electrons. The Morgan fingerprint density at radius 2 is 2.10 bits per heavy atom. The van der Waals surface area contributed by atoms with Crippen molar-refractivity contribution in [3.63, 3.8) is 0 Å². The lowest BCUT2D eigenvalue weighted by Gasteiger charge is -2.27. The molecule has 0 heterocycles. The highest BCUT2D eigenvalue weighted by atomic mass is 19.1. The summed E-state index contributed by atoms with van der Waals surface area (Å²) in [6, 6.07) is 3.43. The lowest BCUT2D eigenvalue weighted by molar-refractivity contribution is -0.124. The van der Waals surface area contributed by atoms with Crippen molar-refractivity contribution < 1.29 is 18.3 Å². The molecule has 21 heavy (non-hydrogen) atoms. The van der Waals surface area contributed by atoms with Crippen molar-refractivity contribution in [1.29, 1.82) is 0 Å². The summed E-state index contributed by atoms with van der Waals surface area (Å²) in [5.41, 5.74) is 4.75. The Labute approximate surface area is 121 Å². The zero-order chi connectivity index (χ0) is 15.0. The van der Waals surface area contributed by atoms with Crippen molar-refractivity contribution in [2.45, 2.75) is 49.8 Å². The van der Waals surface area contributed by atoms with Crippen molar-refractivity contribution in [3.05, 3.63) is 29.8 Å². The molecule has 2 fully saturated rings. The normalized spacial score (nSPS) is 28.6. The van der Waals surface area contributed by atoms with Gasteiger partial charge in [-0.15, -0.1) is 0 Å². The number of ether oxygens (including phenoxy) is 1. The maximum Gasteiger partial charge on any atom is 0.237 e. The second kappa shape index (κ2) is 5.26. The largest absolute Gasteiger partial charge is 0.487 e. The fourth-order valence-electron chi connectivity index (χ4n) is 2.89. The van der Waals surface area contributed by atoms with Crippen LogP contribution in [0.5, 0.6) is 5.75 Å². The molecule has 2 atom stereocenters. The number of rotatable bonds is 5. The number of amides is 1. The van der Waals surface area contributed by atoms with Gasteiger partial charge in [0.1, 0.15) is 17.5 Å². The zero-order valence-electron chi connectivity index (χ0n) is 11.6. The van der Waals surface area contributed by atoms with E-state index in [9.17, 15) is 13.6 Å². The summed E-state index contributed by atoms with van der Waals surface area (Å²) in [5.74, 6) is -1.68. The van der Waals surface area contributed by atoms with Crippen LogP contribution in [0.3, 0.4) is 0 Å². The molecule has 4 nitrogen and oxygen atoms in total. The fraction of sp³-hybridized carbons (Fsp3) is 0.533. The third-order valence-electron chi connectivity index (χ3n) is 4.19. The summed E-state index contributed by atoms with van der Waals surface area (Å²) in [4.78, 5) is 11.8. The van der Waals surface area contributed by atoms with Gasteiger partial charge in [0.15, 0.2) is 11.6 Å². The quantitative estimate of drug-likeness (QED) is 0.872. The Bertz CT molecular complexity index is 563. The lowest BCUT2D eigenvalue weighted by Crippen LogP contribution is -2.55. The van der Waals surface area contributed by atoms with E-state index in [4.69, 9.17) is 10.5 Å². The minimum atomic E-state index is -0.782. The van der Waals surface area contributed by atoms with Gasteiger partial charge in [-0.25, -0.2) is 8.78 Å². The summed E-state index contributed by atoms with van der Waals surface area (Å²) < 4.78 is 32.3. The number of carbonyl (C=O) groups is 1. The molecular weight excluding hydrogens is 278 g/mol. The van der Waals surface area contributed by atoms with Gasteiger partial charge in [0.2, 0.25) is 5.91 Å². The first-order chi connectivity index (χ1) is 9.98. The van der Waals surface area contributed by atoms with E-state index in [1.165, 1.54) is 0 Å². The Hall–Kier alpha value is -1.69. The number of hydrogen-bond donors (Lipinski definition) is 2. The third kappa shape index (κ3) is 3.00. The van der Waals surface area contributed by atoms with Crippen LogP contribution in [0.4, 0.5) is 8.78 Å². The Morgan fingerprint density at radius 1 is 1.33 bits per heavy atom. The lowest BCUT2D eigenvalue weighted by atomic mass is 9.96. The van der Waals surface area contributed by atoms with E-state index in [1.807, 2.05) is 0 Å². The molecule has 2 aliphatic carbocycles. The van der Waals surface area contributed by atoms with E-state index in [2.05, 4.69) is 5.32 Å². The standard InChI is InChI=1S/C15H18F2N2O2/c16-9-1-4-12(17)13(7-9)21-11-5-6-15(8-11,14(18)20)19-10-2-3-10/h1,4,7,10-11,19H,2-3,5-6,8H2,(H2,18,20). The van der Waals surface area contributed by atoms with E-state index in [-0.39, 0.29) is 11.9 Å². The number of primary amides is 1. The fourth-order valence-corrected chi connectivity index (χ4v) is 2.89. The van der Waals surface area contributed by atoms with E-state index in [1.54, 1.807) is 0 Å². The van der Waals surface area contributed by atoms with Crippen LogP contribution in [-0.4, -0.2) is 23.6 Å². The van der Waals surface area contributed by atoms with Gasteiger partial charge in [0.05, 0.1) is 0 Å². The van der Waals surface area contributed by atoms with Gasteiger partial charge >= 0.3 is 0 Å². The summed E-state index contributed by atoms with van der Waals surface area (Å²) in [5, 5.41) is 3.29. The van der Waals surface area contributed by atoms with Crippen LogP contribution in [0.1, 0.15) is 32.1 Å². The molecule has 0 radical (unpaired) electrons. The van der Waals surface area contributed by atoms with Crippen molar-refractivity contribution in [1.82, 2.24) is 5.32 Å². The van der Waals surface area contributed by atoms with Crippen LogP contribution in [-0.2, 0) is 4.79 Å². The van der Waals surface area contributed by atoms with Gasteiger partial charge in [0.25, 0.3) is 0 Å². The SMILES string of the molecule is NC(=O)C1(NC2CC2)CCC(Oc2cc(F)ccc2F)C1. The first kappa shape index (κ1) is 14.3. The molecule has 2 unspecified atom stereocenters. The summed E-state index contributed by atoms with van der Waals surface area (Å²) >= 11 is 0. The van der Waals surface area contributed by atoms with Gasteiger partial charge in [-0.3, -0.25) is 4.79 Å². The molecule has 6 heteroatoms. The average molecular weight is 296 g/mol. The molecule has 2 saturated carbocycles. The number of carbonyl (C=O) groups excluding carboxylic acids is 1. The molecule has 3 N–H and O–H groups in total. The van der Waals surface area contributed by atoms with Gasteiger partial charge in [-0.2, -0.15) is 0 Å². The Balaban J connectivity index is 1.70. The second-order valence-corrected chi connectivity index (χ2v) is 5.92. The number of nitrogens with one attached hydrogen (secondary N) is 1. The molecular formula is C15H18F2N2O2. The van der Waals surface area contributed by atoms with Crippen LogP contribution >= 0.6 is 0 Å². The van der Waals surface area contributed by atoms with Gasteiger partial charge in [-0.05, 0) is 37.8 Å². The van der Waals surface area contributed by atoms with Crippen molar-refractivity contribution in [2.24, 2.45) is 5.73 Å². The molecule has 1 aromatic carbocycles. The smallest absolute Gasteiger partial charge is 0.237 e. The number of nitrogens with two attached hydrogens (primary N) is 1.